The lowest BCUT2D eigenvalue weighted by molar-refractivity contribution is 0.0701. The topological polar surface area (TPSA) is 74.7 Å². The monoisotopic (exact) mass is 273 g/mol. The van der Waals surface area contributed by atoms with Gasteiger partial charge >= 0.3 is 5.97 Å². The Morgan fingerprint density at radius 2 is 2.22 bits per heavy atom. The molecule has 6 nitrogen and oxygen atoms in total. The van der Waals surface area contributed by atoms with E-state index in [2.05, 4.69) is 15.2 Å². The van der Waals surface area contributed by atoms with Crippen LogP contribution in [-0.4, -0.2) is 61.4 Å². The van der Waals surface area contributed by atoms with Crippen molar-refractivity contribution in [2.24, 2.45) is 0 Å². The fraction of sp³-hybridized carbons (Fsp3) is 0.636. The van der Waals surface area contributed by atoms with Crippen LogP contribution >= 0.6 is 11.3 Å². The molecule has 7 heteroatoms. The van der Waals surface area contributed by atoms with Crippen LogP contribution in [0.2, 0.25) is 0 Å². The number of ether oxygens (including phenoxy) is 1. The summed E-state index contributed by atoms with van der Waals surface area (Å²) in [5.74, 6) is -0.930. The average Bonchev–Trinajstić information content (AvgIpc) is 2.64. The molecule has 1 aromatic heterocycles. The minimum atomic E-state index is -0.930. The summed E-state index contributed by atoms with van der Waals surface area (Å²) in [5.41, 5.74) is 0.545. The summed E-state index contributed by atoms with van der Waals surface area (Å²) in [6, 6.07) is 0. The molecule has 0 aliphatic carbocycles. The van der Waals surface area contributed by atoms with Gasteiger partial charge in [-0.3, -0.25) is 0 Å². The zero-order valence-electron chi connectivity index (χ0n) is 10.9. The van der Waals surface area contributed by atoms with Gasteiger partial charge in [-0.15, -0.1) is 0 Å². The van der Waals surface area contributed by atoms with Gasteiger partial charge in [0, 0.05) is 13.1 Å². The third-order valence-corrected chi connectivity index (χ3v) is 3.30. The van der Waals surface area contributed by atoms with E-state index in [0.29, 0.717) is 30.6 Å². The molecule has 18 heavy (non-hydrogen) atoms. The number of aromatic carboxylic acids is 1. The highest BCUT2D eigenvalue weighted by molar-refractivity contribution is 7.17. The summed E-state index contributed by atoms with van der Waals surface area (Å²) >= 11 is 1.15. The van der Waals surface area contributed by atoms with Crippen molar-refractivity contribution in [2.45, 2.75) is 6.92 Å². The van der Waals surface area contributed by atoms with Gasteiger partial charge in [-0.25, -0.2) is 9.78 Å². The maximum Gasteiger partial charge on any atom is 0.347 e. The predicted molar refractivity (Wildman–Crippen MR) is 71.7 cm³/mol. The van der Waals surface area contributed by atoms with Crippen LogP contribution in [0.3, 0.4) is 0 Å². The molecule has 0 aliphatic rings. The van der Waals surface area contributed by atoms with Crippen molar-refractivity contribution in [1.82, 2.24) is 9.88 Å². The van der Waals surface area contributed by atoms with Crippen LogP contribution < -0.4 is 5.32 Å². The number of carbonyl (C=O) groups is 1. The first-order valence-electron chi connectivity index (χ1n) is 5.67. The van der Waals surface area contributed by atoms with E-state index < -0.39 is 5.97 Å². The lowest BCUT2D eigenvalue weighted by atomic mass is 10.4. The summed E-state index contributed by atoms with van der Waals surface area (Å²) in [6.45, 7) is 4.47. The van der Waals surface area contributed by atoms with E-state index in [1.807, 2.05) is 14.1 Å². The van der Waals surface area contributed by atoms with Gasteiger partial charge in [0.2, 0.25) is 0 Å². The Bertz CT molecular complexity index is 393. The third kappa shape index (κ3) is 4.99. The van der Waals surface area contributed by atoms with Crippen molar-refractivity contribution in [3.63, 3.8) is 0 Å². The first kappa shape index (κ1) is 14.9. The number of likely N-dealkylation sites (N-methyl/N-ethyl adjacent to an activating group) is 1. The summed E-state index contributed by atoms with van der Waals surface area (Å²) in [7, 11) is 3.99. The molecule has 0 atom stereocenters. The van der Waals surface area contributed by atoms with Crippen LogP contribution in [0, 0.1) is 6.92 Å². The molecule has 0 amide bonds. The van der Waals surface area contributed by atoms with Crippen molar-refractivity contribution < 1.29 is 14.6 Å². The fourth-order valence-corrected chi connectivity index (χ4v) is 2.08. The molecule has 0 unspecified atom stereocenters. The molecule has 1 aromatic rings. The van der Waals surface area contributed by atoms with Crippen LogP contribution in [-0.2, 0) is 4.74 Å². The molecule has 1 rings (SSSR count). The number of aryl methyl sites for hydroxylation is 1. The number of aromatic nitrogens is 1. The van der Waals surface area contributed by atoms with Crippen LogP contribution in [0.25, 0.3) is 0 Å². The number of carboxylic acids is 1. The number of hydrogen-bond donors (Lipinski definition) is 2. The maximum absolute atomic E-state index is 10.8. The van der Waals surface area contributed by atoms with Gasteiger partial charge in [0.1, 0.15) is 4.88 Å². The molecule has 0 fully saturated rings. The lowest BCUT2D eigenvalue weighted by Crippen LogP contribution is -2.19. The summed E-state index contributed by atoms with van der Waals surface area (Å²) in [5, 5.41) is 12.6. The van der Waals surface area contributed by atoms with Crippen molar-refractivity contribution in [1.29, 1.82) is 0 Å². The first-order valence-corrected chi connectivity index (χ1v) is 6.49. The van der Waals surface area contributed by atoms with E-state index in [0.717, 1.165) is 17.9 Å². The molecule has 0 aliphatic heterocycles. The number of nitrogens with zero attached hydrogens (tertiary/aromatic N) is 2. The number of hydrogen-bond acceptors (Lipinski definition) is 6. The van der Waals surface area contributed by atoms with Crippen molar-refractivity contribution in [2.75, 3.05) is 45.7 Å². The normalized spacial score (nSPS) is 10.9. The van der Waals surface area contributed by atoms with Gasteiger partial charge in [0.25, 0.3) is 0 Å². The minimum absolute atomic E-state index is 0.283. The minimum Gasteiger partial charge on any atom is -0.477 e. The Morgan fingerprint density at radius 3 is 2.78 bits per heavy atom. The first-order chi connectivity index (χ1) is 8.50. The van der Waals surface area contributed by atoms with Gasteiger partial charge in [0.15, 0.2) is 5.13 Å². The van der Waals surface area contributed by atoms with Crippen LogP contribution in [0.1, 0.15) is 15.4 Å². The lowest BCUT2D eigenvalue weighted by Gasteiger charge is -2.09. The number of anilines is 1. The van der Waals surface area contributed by atoms with Gasteiger partial charge in [-0.2, -0.15) is 0 Å². The van der Waals surface area contributed by atoms with Gasteiger partial charge < -0.3 is 20.1 Å². The van der Waals surface area contributed by atoms with Crippen molar-refractivity contribution >= 4 is 22.4 Å². The molecule has 0 bridgehead atoms. The zero-order valence-corrected chi connectivity index (χ0v) is 11.7. The van der Waals surface area contributed by atoms with E-state index in [-0.39, 0.29) is 4.88 Å². The van der Waals surface area contributed by atoms with Gasteiger partial charge in [0.05, 0.1) is 18.9 Å². The molecule has 0 aromatic carbocycles. The molecule has 0 spiro atoms. The van der Waals surface area contributed by atoms with E-state index in [1.54, 1.807) is 6.92 Å². The Labute approximate surface area is 111 Å². The fourth-order valence-electron chi connectivity index (χ4n) is 1.25. The SMILES string of the molecule is Cc1nc(NCCOCCN(C)C)sc1C(=O)O. The van der Waals surface area contributed by atoms with Gasteiger partial charge in [-0.05, 0) is 21.0 Å². The third-order valence-electron chi connectivity index (χ3n) is 2.20. The second-order valence-corrected chi connectivity index (χ2v) is 5.08. The predicted octanol–water partition coefficient (Wildman–Crippen LogP) is 1.14. The summed E-state index contributed by atoms with van der Waals surface area (Å²) in [6.07, 6.45) is 0. The second-order valence-electron chi connectivity index (χ2n) is 4.08. The average molecular weight is 273 g/mol. The Morgan fingerprint density at radius 1 is 1.50 bits per heavy atom. The molecular weight excluding hydrogens is 254 g/mol. The number of thiazole rings is 1. The van der Waals surface area contributed by atoms with E-state index >= 15 is 0 Å². The summed E-state index contributed by atoms with van der Waals surface area (Å²) < 4.78 is 5.41. The maximum atomic E-state index is 10.8. The van der Waals surface area contributed by atoms with Gasteiger partial charge in [-0.1, -0.05) is 11.3 Å². The highest BCUT2D eigenvalue weighted by Gasteiger charge is 2.13. The van der Waals surface area contributed by atoms with Crippen LogP contribution in [0.5, 0.6) is 0 Å². The zero-order chi connectivity index (χ0) is 13.5. The Kier molecular flexibility index (Phi) is 6.03. The molecule has 0 saturated carbocycles. The molecule has 0 saturated heterocycles. The van der Waals surface area contributed by atoms with Crippen LogP contribution in [0.15, 0.2) is 0 Å². The Hall–Kier alpha value is -1.18. The molecule has 102 valence electrons. The smallest absolute Gasteiger partial charge is 0.347 e. The standard InChI is InChI=1S/C11H19N3O3S/c1-8-9(10(15)16)18-11(13-8)12-4-6-17-7-5-14(2)3/h4-7H2,1-3H3,(H,12,13)(H,15,16). The van der Waals surface area contributed by atoms with E-state index in [1.165, 1.54) is 0 Å². The quantitative estimate of drug-likeness (QED) is 0.692. The Balaban J connectivity index is 2.23. The number of nitrogens with one attached hydrogen (secondary N) is 1. The van der Waals surface area contributed by atoms with E-state index in [4.69, 9.17) is 9.84 Å². The number of carboxylic acid groups (broad SMARTS) is 1. The van der Waals surface area contributed by atoms with Crippen molar-refractivity contribution in [3.8, 4) is 0 Å². The molecule has 2 N–H and O–H groups in total. The molecule has 1 heterocycles. The highest BCUT2D eigenvalue weighted by Crippen LogP contribution is 2.21. The second kappa shape index (κ2) is 7.30. The molecule has 0 radical (unpaired) electrons. The largest absolute Gasteiger partial charge is 0.477 e. The van der Waals surface area contributed by atoms with E-state index in [9.17, 15) is 4.79 Å². The molecular formula is C11H19N3O3S. The van der Waals surface area contributed by atoms with Crippen molar-refractivity contribution in [3.05, 3.63) is 10.6 Å². The number of rotatable bonds is 8. The summed E-state index contributed by atoms with van der Waals surface area (Å²) in [4.78, 5) is 17.3. The van der Waals surface area contributed by atoms with Crippen LogP contribution in [0.4, 0.5) is 5.13 Å². The highest BCUT2D eigenvalue weighted by atomic mass is 32.1.